The van der Waals surface area contributed by atoms with Gasteiger partial charge in [0.1, 0.15) is 5.82 Å². The van der Waals surface area contributed by atoms with Crippen molar-refractivity contribution in [2.75, 3.05) is 58.3 Å². The van der Waals surface area contributed by atoms with Gasteiger partial charge in [0.05, 0.1) is 24.9 Å². The van der Waals surface area contributed by atoms with Crippen LogP contribution >= 0.6 is 0 Å². The molecule has 0 amide bonds. The first-order valence-electron chi connectivity index (χ1n) is 10.2. The second kappa shape index (κ2) is 11.2. The first-order chi connectivity index (χ1) is 13.4. The first-order valence-corrected chi connectivity index (χ1v) is 10.2. The van der Waals surface area contributed by atoms with E-state index in [9.17, 15) is 4.39 Å². The van der Waals surface area contributed by atoms with Gasteiger partial charge < -0.3 is 20.3 Å². The highest BCUT2D eigenvalue weighted by molar-refractivity contribution is 5.79. The van der Waals surface area contributed by atoms with E-state index in [2.05, 4.69) is 34.4 Å². The van der Waals surface area contributed by atoms with Gasteiger partial charge in [0.15, 0.2) is 5.96 Å². The zero-order chi connectivity index (χ0) is 20.5. The van der Waals surface area contributed by atoms with Gasteiger partial charge in [-0.05, 0) is 30.5 Å². The molecule has 28 heavy (non-hydrogen) atoms. The van der Waals surface area contributed by atoms with Crippen molar-refractivity contribution in [1.82, 2.24) is 15.5 Å². The Labute approximate surface area is 169 Å². The minimum atomic E-state index is -0.225. The summed E-state index contributed by atoms with van der Waals surface area (Å²) < 4.78 is 20.0. The molecule has 1 aromatic carbocycles. The van der Waals surface area contributed by atoms with Gasteiger partial charge >= 0.3 is 0 Å². The maximum absolute atomic E-state index is 14.1. The number of aliphatic imine (C=N–C) groups is 1. The summed E-state index contributed by atoms with van der Waals surface area (Å²) in [5.41, 5.74) is 1.43. The number of nitrogens with zero attached hydrogens (tertiary/aromatic N) is 3. The van der Waals surface area contributed by atoms with Crippen molar-refractivity contribution in [3.63, 3.8) is 0 Å². The molecular formula is C21H36FN5O. The highest BCUT2D eigenvalue weighted by Crippen LogP contribution is 2.18. The molecule has 1 heterocycles. The summed E-state index contributed by atoms with van der Waals surface area (Å²) in [6.45, 7) is 12.2. The normalized spacial score (nSPS) is 18.4. The standard InChI is InChI=1S/C21H36FN5O/c1-6-23-21(24-12-17-7-8-20(26(4)5)19(22)11-17)25-13-18-15-27(9-10-28-18)14-16(2)3/h7-8,11,16,18H,6,9-10,12-15H2,1-5H3,(H2,23,24,25). The molecule has 2 N–H and O–H groups in total. The van der Waals surface area contributed by atoms with Crippen LogP contribution in [0.2, 0.25) is 0 Å². The number of guanidine groups is 1. The molecule has 1 aliphatic heterocycles. The van der Waals surface area contributed by atoms with Crippen molar-refractivity contribution < 1.29 is 9.13 Å². The third-order valence-electron chi connectivity index (χ3n) is 4.60. The molecule has 0 radical (unpaired) electrons. The Morgan fingerprint density at radius 2 is 2.14 bits per heavy atom. The SMILES string of the molecule is CCNC(=NCc1ccc(N(C)C)c(F)c1)NCC1CN(CC(C)C)CCO1. The van der Waals surface area contributed by atoms with Crippen LogP contribution in [0.3, 0.4) is 0 Å². The predicted molar refractivity (Wildman–Crippen MR) is 115 cm³/mol. The Hall–Kier alpha value is -1.86. The van der Waals surface area contributed by atoms with Crippen molar-refractivity contribution in [2.24, 2.45) is 10.9 Å². The number of benzene rings is 1. The monoisotopic (exact) mass is 393 g/mol. The molecule has 158 valence electrons. The third-order valence-corrected chi connectivity index (χ3v) is 4.60. The van der Waals surface area contributed by atoms with E-state index in [1.807, 2.05) is 27.1 Å². The lowest BCUT2D eigenvalue weighted by molar-refractivity contribution is -0.0284. The molecule has 1 aromatic rings. The largest absolute Gasteiger partial charge is 0.375 e. The first kappa shape index (κ1) is 22.4. The number of anilines is 1. The van der Waals surface area contributed by atoms with Gasteiger partial charge in [0.25, 0.3) is 0 Å². The summed E-state index contributed by atoms with van der Waals surface area (Å²) in [6.07, 6.45) is 0.146. The molecule has 0 saturated carbocycles. The number of ether oxygens (including phenoxy) is 1. The Kier molecular flexibility index (Phi) is 8.99. The number of rotatable bonds is 8. The molecule has 0 bridgehead atoms. The molecule has 1 atom stereocenters. The average Bonchev–Trinajstić information content (AvgIpc) is 2.63. The van der Waals surface area contributed by atoms with Gasteiger partial charge in [-0.15, -0.1) is 0 Å². The Balaban J connectivity index is 1.90. The van der Waals surface area contributed by atoms with Crippen LogP contribution in [0.25, 0.3) is 0 Å². The molecule has 1 unspecified atom stereocenters. The van der Waals surface area contributed by atoms with Gasteiger partial charge in [-0.3, -0.25) is 4.90 Å². The topological polar surface area (TPSA) is 52.1 Å². The molecule has 1 saturated heterocycles. The molecule has 1 aliphatic rings. The van der Waals surface area contributed by atoms with E-state index in [0.717, 1.165) is 44.3 Å². The predicted octanol–water partition coefficient (Wildman–Crippen LogP) is 2.30. The van der Waals surface area contributed by atoms with Gasteiger partial charge in [-0.1, -0.05) is 19.9 Å². The maximum atomic E-state index is 14.1. The van der Waals surface area contributed by atoms with Crippen LogP contribution in [0.1, 0.15) is 26.3 Å². The lowest BCUT2D eigenvalue weighted by atomic mass is 10.2. The highest BCUT2D eigenvalue weighted by atomic mass is 19.1. The van der Waals surface area contributed by atoms with Crippen LogP contribution in [0.15, 0.2) is 23.2 Å². The van der Waals surface area contributed by atoms with Crippen LogP contribution in [0.5, 0.6) is 0 Å². The number of morpholine rings is 1. The molecule has 0 aromatic heterocycles. The molecule has 2 rings (SSSR count). The minimum Gasteiger partial charge on any atom is -0.375 e. The van der Waals surface area contributed by atoms with E-state index < -0.39 is 0 Å². The second-order valence-electron chi connectivity index (χ2n) is 7.90. The summed E-state index contributed by atoms with van der Waals surface area (Å²) in [4.78, 5) is 8.82. The molecule has 0 spiro atoms. The van der Waals surface area contributed by atoms with E-state index in [-0.39, 0.29) is 11.9 Å². The summed E-state index contributed by atoms with van der Waals surface area (Å²) in [5, 5.41) is 6.61. The van der Waals surface area contributed by atoms with E-state index in [1.54, 1.807) is 17.0 Å². The number of nitrogens with one attached hydrogen (secondary N) is 2. The van der Waals surface area contributed by atoms with Crippen LogP contribution in [0.4, 0.5) is 10.1 Å². The van der Waals surface area contributed by atoms with Gasteiger partial charge in [0.2, 0.25) is 0 Å². The van der Waals surface area contributed by atoms with E-state index >= 15 is 0 Å². The minimum absolute atomic E-state index is 0.146. The quantitative estimate of drug-likeness (QED) is 0.524. The van der Waals surface area contributed by atoms with Gasteiger partial charge in [-0.25, -0.2) is 9.38 Å². The molecular weight excluding hydrogens is 357 g/mol. The summed E-state index contributed by atoms with van der Waals surface area (Å²) in [6, 6.07) is 5.26. The van der Waals surface area contributed by atoms with Crippen LogP contribution in [-0.2, 0) is 11.3 Å². The van der Waals surface area contributed by atoms with Crippen molar-refractivity contribution in [2.45, 2.75) is 33.4 Å². The Bertz CT molecular complexity index is 635. The van der Waals surface area contributed by atoms with E-state index in [1.165, 1.54) is 0 Å². The van der Waals surface area contributed by atoms with Crippen molar-refractivity contribution in [3.05, 3.63) is 29.6 Å². The fourth-order valence-electron chi connectivity index (χ4n) is 3.32. The highest BCUT2D eigenvalue weighted by Gasteiger charge is 2.21. The molecule has 7 heteroatoms. The third kappa shape index (κ3) is 7.28. The van der Waals surface area contributed by atoms with Crippen LogP contribution in [-0.4, -0.2) is 70.4 Å². The van der Waals surface area contributed by atoms with E-state index in [4.69, 9.17) is 4.74 Å². The fourth-order valence-corrected chi connectivity index (χ4v) is 3.32. The van der Waals surface area contributed by atoms with Crippen LogP contribution < -0.4 is 15.5 Å². The molecule has 1 fully saturated rings. The smallest absolute Gasteiger partial charge is 0.191 e. The summed E-state index contributed by atoms with van der Waals surface area (Å²) in [7, 11) is 3.66. The fraction of sp³-hybridized carbons (Fsp3) is 0.667. The summed E-state index contributed by atoms with van der Waals surface area (Å²) >= 11 is 0. The number of hydrogen-bond donors (Lipinski definition) is 2. The number of hydrogen-bond acceptors (Lipinski definition) is 4. The van der Waals surface area contributed by atoms with Crippen molar-refractivity contribution in [3.8, 4) is 0 Å². The van der Waals surface area contributed by atoms with Crippen molar-refractivity contribution in [1.29, 1.82) is 0 Å². The Morgan fingerprint density at radius 1 is 1.36 bits per heavy atom. The van der Waals surface area contributed by atoms with Gasteiger partial charge in [0, 0.05) is 46.8 Å². The van der Waals surface area contributed by atoms with Gasteiger partial charge in [-0.2, -0.15) is 0 Å². The lowest BCUT2D eigenvalue weighted by Crippen LogP contribution is -2.50. The maximum Gasteiger partial charge on any atom is 0.191 e. The zero-order valence-corrected chi connectivity index (χ0v) is 18.0. The number of halogens is 1. The Morgan fingerprint density at radius 3 is 2.79 bits per heavy atom. The van der Waals surface area contributed by atoms with E-state index in [0.29, 0.717) is 24.7 Å². The average molecular weight is 394 g/mol. The second-order valence-corrected chi connectivity index (χ2v) is 7.90. The molecule has 6 nitrogen and oxygen atoms in total. The summed E-state index contributed by atoms with van der Waals surface area (Å²) in [5.74, 6) is 1.16. The van der Waals surface area contributed by atoms with Crippen molar-refractivity contribution >= 4 is 11.6 Å². The molecule has 0 aliphatic carbocycles. The lowest BCUT2D eigenvalue weighted by Gasteiger charge is -2.34. The zero-order valence-electron chi connectivity index (χ0n) is 18.0. The van der Waals surface area contributed by atoms with Crippen LogP contribution in [0, 0.1) is 11.7 Å².